The fourth-order valence-electron chi connectivity index (χ4n) is 3.53. The van der Waals surface area contributed by atoms with Crippen LogP contribution in [0.3, 0.4) is 0 Å². The van der Waals surface area contributed by atoms with Gasteiger partial charge >= 0.3 is 0 Å². The SMILES string of the molecule is CN1C(=O)c2c([nH]c(-c3ccnc(N)c3)c2Nc2ccccc2)CC1(C)C. The van der Waals surface area contributed by atoms with Crippen molar-refractivity contribution in [2.24, 2.45) is 0 Å². The first-order valence-electron chi connectivity index (χ1n) is 8.94. The third-order valence-corrected chi connectivity index (χ3v) is 5.23. The molecular weight excluding hydrogens is 338 g/mol. The number of nitrogens with one attached hydrogen (secondary N) is 2. The lowest BCUT2D eigenvalue weighted by Gasteiger charge is -2.39. The van der Waals surface area contributed by atoms with Crippen LogP contribution >= 0.6 is 0 Å². The molecule has 6 heteroatoms. The Morgan fingerprint density at radius 2 is 1.96 bits per heavy atom. The van der Waals surface area contributed by atoms with E-state index in [-0.39, 0.29) is 11.4 Å². The maximum absolute atomic E-state index is 13.2. The van der Waals surface area contributed by atoms with Crippen LogP contribution in [0.25, 0.3) is 11.3 Å². The van der Waals surface area contributed by atoms with E-state index in [4.69, 9.17) is 5.73 Å². The molecule has 1 aliphatic heterocycles. The zero-order valence-electron chi connectivity index (χ0n) is 15.7. The van der Waals surface area contributed by atoms with Gasteiger partial charge in [-0.25, -0.2) is 4.98 Å². The summed E-state index contributed by atoms with van der Waals surface area (Å²) in [4.78, 5) is 22.6. The van der Waals surface area contributed by atoms with Crippen LogP contribution in [0.15, 0.2) is 48.7 Å². The standard InChI is InChI=1S/C21H23N5O/c1-21(2)12-15-17(20(27)26(21)3)19(24-14-7-5-4-6-8-14)18(25-15)13-9-10-23-16(22)11-13/h4-11,24-25H,12H2,1-3H3,(H2,22,23). The number of hydrogen-bond donors (Lipinski definition) is 3. The number of fused-ring (bicyclic) bond motifs is 1. The average Bonchev–Trinajstić information content (AvgIpc) is 2.98. The molecule has 4 rings (SSSR count). The molecule has 0 saturated heterocycles. The molecule has 4 N–H and O–H groups in total. The van der Waals surface area contributed by atoms with Crippen LogP contribution in [0.1, 0.15) is 29.9 Å². The van der Waals surface area contributed by atoms with E-state index in [1.165, 1.54) is 0 Å². The molecule has 6 nitrogen and oxygen atoms in total. The van der Waals surface area contributed by atoms with Crippen molar-refractivity contribution in [1.82, 2.24) is 14.9 Å². The summed E-state index contributed by atoms with van der Waals surface area (Å²) < 4.78 is 0. The second kappa shape index (κ2) is 6.16. The summed E-state index contributed by atoms with van der Waals surface area (Å²) in [5.41, 5.74) is 10.7. The summed E-state index contributed by atoms with van der Waals surface area (Å²) in [6, 6.07) is 13.5. The summed E-state index contributed by atoms with van der Waals surface area (Å²) in [5, 5.41) is 3.44. The molecule has 1 amide bonds. The number of aromatic amines is 1. The van der Waals surface area contributed by atoms with Crippen molar-refractivity contribution in [3.63, 3.8) is 0 Å². The number of nitrogens with two attached hydrogens (primary N) is 1. The summed E-state index contributed by atoms with van der Waals surface area (Å²) in [7, 11) is 1.86. The minimum absolute atomic E-state index is 0.00390. The van der Waals surface area contributed by atoms with Crippen molar-refractivity contribution in [3.05, 3.63) is 59.9 Å². The summed E-state index contributed by atoms with van der Waals surface area (Å²) in [5.74, 6) is 0.443. The lowest BCUT2D eigenvalue weighted by molar-refractivity contribution is 0.0591. The lowest BCUT2D eigenvalue weighted by atomic mass is 9.89. The van der Waals surface area contributed by atoms with Crippen LogP contribution in [0, 0.1) is 0 Å². The van der Waals surface area contributed by atoms with E-state index in [0.29, 0.717) is 11.4 Å². The van der Waals surface area contributed by atoms with E-state index in [2.05, 4.69) is 29.1 Å². The first kappa shape index (κ1) is 17.1. The number of nitrogen functional groups attached to an aromatic ring is 1. The van der Waals surface area contributed by atoms with Crippen molar-refractivity contribution in [2.75, 3.05) is 18.1 Å². The van der Waals surface area contributed by atoms with Gasteiger partial charge in [-0.3, -0.25) is 4.79 Å². The molecule has 27 heavy (non-hydrogen) atoms. The summed E-state index contributed by atoms with van der Waals surface area (Å²) >= 11 is 0. The number of nitrogens with zero attached hydrogens (tertiary/aromatic N) is 2. The predicted octanol–water partition coefficient (Wildman–Crippen LogP) is 3.81. The molecule has 0 saturated carbocycles. The smallest absolute Gasteiger partial charge is 0.258 e. The fourth-order valence-corrected chi connectivity index (χ4v) is 3.53. The van der Waals surface area contributed by atoms with Crippen LogP contribution < -0.4 is 11.1 Å². The maximum atomic E-state index is 13.2. The zero-order chi connectivity index (χ0) is 19.2. The Balaban J connectivity index is 1.91. The van der Waals surface area contributed by atoms with Crippen molar-refractivity contribution >= 4 is 23.1 Å². The molecule has 0 radical (unpaired) electrons. The molecule has 0 spiro atoms. The highest BCUT2D eigenvalue weighted by atomic mass is 16.2. The zero-order valence-corrected chi connectivity index (χ0v) is 15.7. The van der Waals surface area contributed by atoms with Crippen LogP contribution in [-0.2, 0) is 6.42 Å². The van der Waals surface area contributed by atoms with Gasteiger partial charge in [-0.1, -0.05) is 18.2 Å². The molecule has 138 valence electrons. The minimum Gasteiger partial charge on any atom is -0.384 e. The molecule has 0 bridgehead atoms. The fraction of sp³-hybridized carbons (Fsp3) is 0.238. The second-order valence-electron chi connectivity index (χ2n) is 7.54. The Hall–Kier alpha value is -3.28. The van der Waals surface area contributed by atoms with E-state index in [9.17, 15) is 4.79 Å². The number of pyridine rings is 1. The Morgan fingerprint density at radius 1 is 1.22 bits per heavy atom. The van der Waals surface area contributed by atoms with Gasteiger partial charge in [0, 0.05) is 42.1 Å². The number of carbonyl (C=O) groups excluding carboxylic acids is 1. The van der Waals surface area contributed by atoms with Gasteiger partial charge < -0.3 is 20.9 Å². The van der Waals surface area contributed by atoms with Crippen LogP contribution in [0.2, 0.25) is 0 Å². The Labute approximate surface area is 158 Å². The highest BCUT2D eigenvalue weighted by Gasteiger charge is 2.39. The molecule has 0 aliphatic carbocycles. The molecule has 1 aromatic carbocycles. The monoisotopic (exact) mass is 361 g/mol. The quantitative estimate of drug-likeness (QED) is 0.662. The van der Waals surface area contributed by atoms with E-state index in [0.717, 1.165) is 34.7 Å². The number of carbonyl (C=O) groups is 1. The topological polar surface area (TPSA) is 87.0 Å². The van der Waals surface area contributed by atoms with Gasteiger partial charge in [0.1, 0.15) is 5.82 Å². The van der Waals surface area contributed by atoms with Gasteiger partial charge in [0.15, 0.2) is 0 Å². The number of likely N-dealkylation sites (N-methyl/N-ethyl adjacent to an activating group) is 1. The molecule has 0 atom stereocenters. The third kappa shape index (κ3) is 2.93. The summed E-state index contributed by atoms with van der Waals surface area (Å²) in [6.45, 7) is 4.14. The number of aromatic nitrogens is 2. The Bertz CT molecular complexity index is 1010. The largest absolute Gasteiger partial charge is 0.384 e. The second-order valence-corrected chi connectivity index (χ2v) is 7.54. The molecule has 0 fully saturated rings. The van der Waals surface area contributed by atoms with Crippen molar-refractivity contribution in [1.29, 1.82) is 0 Å². The first-order valence-corrected chi connectivity index (χ1v) is 8.94. The highest BCUT2D eigenvalue weighted by Crippen LogP contribution is 2.41. The van der Waals surface area contributed by atoms with Crippen molar-refractivity contribution in [2.45, 2.75) is 25.8 Å². The van der Waals surface area contributed by atoms with Gasteiger partial charge in [0.25, 0.3) is 5.91 Å². The van der Waals surface area contributed by atoms with Crippen LogP contribution in [0.5, 0.6) is 0 Å². The number of benzene rings is 1. The normalized spacial score (nSPS) is 15.5. The number of hydrogen-bond acceptors (Lipinski definition) is 4. The molecule has 1 aliphatic rings. The van der Waals surface area contributed by atoms with Crippen LogP contribution in [0.4, 0.5) is 17.2 Å². The average molecular weight is 361 g/mol. The van der Waals surface area contributed by atoms with Gasteiger partial charge in [0.2, 0.25) is 0 Å². The van der Waals surface area contributed by atoms with E-state index in [1.807, 2.05) is 54.4 Å². The van der Waals surface area contributed by atoms with E-state index < -0.39 is 0 Å². The number of para-hydroxylation sites is 1. The van der Waals surface area contributed by atoms with Crippen molar-refractivity contribution in [3.8, 4) is 11.3 Å². The van der Waals surface area contributed by atoms with Gasteiger partial charge in [0.05, 0.1) is 16.9 Å². The number of amides is 1. The van der Waals surface area contributed by atoms with Gasteiger partial charge in [-0.15, -0.1) is 0 Å². The van der Waals surface area contributed by atoms with Crippen LogP contribution in [-0.4, -0.2) is 33.4 Å². The molecule has 0 unspecified atom stereocenters. The third-order valence-electron chi connectivity index (χ3n) is 5.23. The van der Waals surface area contributed by atoms with Gasteiger partial charge in [-0.05, 0) is 38.1 Å². The Kier molecular flexibility index (Phi) is 3.91. The van der Waals surface area contributed by atoms with Crippen molar-refractivity contribution < 1.29 is 4.79 Å². The molecule has 3 heterocycles. The summed E-state index contributed by atoms with van der Waals surface area (Å²) in [6.07, 6.45) is 2.42. The predicted molar refractivity (Wildman–Crippen MR) is 108 cm³/mol. The van der Waals surface area contributed by atoms with E-state index in [1.54, 1.807) is 6.20 Å². The number of anilines is 3. The molecular formula is C21H23N5O. The maximum Gasteiger partial charge on any atom is 0.258 e. The lowest BCUT2D eigenvalue weighted by Crippen LogP contribution is -2.50. The highest BCUT2D eigenvalue weighted by molar-refractivity contribution is 6.06. The molecule has 3 aromatic rings. The van der Waals surface area contributed by atoms with E-state index >= 15 is 0 Å². The Morgan fingerprint density at radius 3 is 2.67 bits per heavy atom. The first-order chi connectivity index (χ1) is 12.9. The molecule has 2 aromatic heterocycles. The minimum atomic E-state index is -0.256. The number of rotatable bonds is 3. The van der Waals surface area contributed by atoms with Gasteiger partial charge in [-0.2, -0.15) is 0 Å². The number of H-pyrrole nitrogens is 1.